The van der Waals surface area contributed by atoms with Crippen LogP contribution in [0.5, 0.6) is 0 Å². The van der Waals surface area contributed by atoms with Gasteiger partial charge in [-0.1, -0.05) is 0 Å². The normalized spacial score (nSPS) is 33.4. The summed E-state index contributed by atoms with van der Waals surface area (Å²) < 4.78 is 0. The van der Waals surface area contributed by atoms with Crippen LogP contribution in [0.4, 0.5) is 0 Å². The third-order valence-corrected chi connectivity index (χ3v) is 3.87. The van der Waals surface area contributed by atoms with E-state index in [2.05, 4.69) is 10.6 Å². The highest BCUT2D eigenvalue weighted by Crippen LogP contribution is 2.23. The number of nitrogens with one attached hydrogen (secondary N) is 2. The van der Waals surface area contributed by atoms with Crippen molar-refractivity contribution < 1.29 is 9.59 Å². The van der Waals surface area contributed by atoms with Gasteiger partial charge in [-0.3, -0.25) is 9.59 Å². The van der Waals surface area contributed by atoms with E-state index in [4.69, 9.17) is 5.73 Å². The second kappa shape index (κ2) is 5.49. The first-order chi connectivity index (χ1) is 8.15. The minimum absolute atomic E-state index is 0.0687. The van der Waals surface area contributed by atoms with Crippen LogP contribution in [0.15, 0.2) is 0 Å². The molecule has 17 heavy (non-hydrogen) atoms. The lowest BCUT2D eigenvalue weighted by Gasteiger charge is -2.28. The van der Waals surface area contributed by atoms with Crippen LogP contribution in [0, 0.1) is 5.92 Å². The maximum Gasteiger partial charge on any atom is 0.220 e. The zero-order chi connectivity index (χ0) is 12.3. The summed E-state index contributed by atoms with van der Waals surface area (Å²) in [5.41, 5.74) is 5.29. The molecule has 5 heteroatoms. The third kappa shape index (κ3) is 3.43. The van der Waals surface area contributed by atoms with Crippen LogP contribution in [-0.2, 0) is 9.59 Å². The molecule has 96 valence electrons. The van der Waals surface area contributed by atoms with Gasteiger partial charge >= 0.3 is 0 Å². The molecule has 0 bridgehead atoms. The number of rotatable bonds is 4. The number of hydrogen-bond acceptors (Lipinski definition) is 3. The minimum atomic E-state index is -0.161. The highest BCUT2D eigenvalue weighted by molar-refractivity contribution is 5.78. The number of carbonyl (C=O) groups excluding carboxylic acids is 2. The van der Waals surface area contributed by atoms with Crippen LogP contribution in [-0.4, -0.2) is 30.4 Å². The molecule has 1 aliphatic carbocycles. The third-order valence-electron chi connectivity index (χ3n) is 3.87. The molecular weight excluding hydrogens is 218 g/mol. The zero-order valence-corrected chi connectivity index (χ0v) is 10.1. The largest absolute Gasteiger partial charge is 0.369 e. The molecule has 1 aliphatic heterocycles. The van der Waals surface area contributed by atoms with Crippen molar-refractivity contribution in [3.05, 3.63) is 0 Å². The van der Waals surface area contributed by atoms with E-state index in [0.29, 0.717) is 12.5 Å². The Labute approximate surface area is 102 Å². The van der Waals surface area contributed by atoms with Gasteiger partial charge in [-0.05, 0) is 32.1 Å². The van der Waals surface area contributed by atoms with E-state index in [1.54, 1.807) is 0 Å². The predicted octanol–water partition coefficient (Wildman–Crippen LogP) is -0.101. The van der Waals surface area contributed by atoms with Crippen molar-refractivity contribution in [3.8, 4) is 0 Å². The monoisotopic (exact) mass is 239 g/mol. The summed E-state index contributed by atoms with van der Waals surface area (Å²) in [4.78, 5) is 22.1. The smallest absolute Gasteiger partial charge is 0.220 e. The molecule has 0 aromatic heterocycles. The molecule has 1 saturated carbocycles. The maximum absolute atomic E-state index is 11.0. The lowest BCUT2D eigenvalue weighted by Crippen LogP contribution is -2.42. The van der Waals surface area contributed by atoms with E-state index >= 15 is 0 Å². The zero-order valence-electron chi connectivity index (χ0n) is 10.1. The van der Waals surface area contributed by atoms with Crippen molar-refractivity contribution in [1.29, 1.82) is 0 Å². The molecule has 2 rings (SSSR count). The highest BCUT2D eigenvalue weighted by Gasteiger charge is 2.26. The molecule has 1 heterocycles. The Morgan fingerprint density at radius 2 is 2.00 bits per heavy atom. The van der Waals surface area contributed by atoms with Gasteiger partial charge in [0.25, 0.3) is 0 Å². The van der Waals surface area contributed by atoms with Crippen molar-refractivity contribution in [2.24, 2.45) is 11.7 Å². The molecule has 4 N–H and O–H groups in total. The Hall–Kier alpha value is -1.10. The fourth-order valence-corrected chi connectivity index (χ4v) is 2.72. The first kappa shape index (κ1) is 12.4. The van der Waals surface area contributed by atoms with E-state index in [1.165, 1.54) is 0 Å². The van der Waals surface area contributed by atoms with Crippen molar-refractivity contribution in [3.63, 3.8) is 0 Å². The lowest BCUT2D eigenvalue weighted by molar-refractivity contribution is -0.123. The number of carbonyl (C=O) groups is 2. The minimum Gasteiger partial charge on any atom is -0.369 e. The van der Waals surface area contributed by atoms with Gasteiger partial charge in [0.05, 0.1) is 0 Å². The maximum atomic E-state index is 11.0. The van der Waals surface area contributed by atoms with E-state index in [0.717, 1.165) is 38.6 Å². The lowest BCUT2D eigenvalue weighted by atomic mass is 9.85. The Balaban J connectivity index is 1.65. The van der Waals surface area contributed by atoms with E-state index in [1.807, 2.05) is 0 Å². The van der Waals surface area contributed by atoms with Crippen LogP contribution in [0.1, 0.15) is 38.5 Å². The van der Waals surface area contributed by atoms with Crippen molar-refractivity contribution in [1.82, 2.24) is 10.6 Å². The van der Waals surface area contributed by atoms with Gasteiger partial charge < -0.3 is 16.4 Å². The fourth-order valence-electron chi connectivity index (χ4n) is 2.72. The van der Waals surface area contributed by atoms with Gasteiger partial charge in [-0.2, -0.15) is 0 Å². The van der Waals surface area contributed by atoms with Crippen LogP contribution in [0.3, 0.4) is 0 Å². The second-order valence-electron chi connectivity index (χ2n) is 5.16. The molecule has 0 aromatic rings. The number of primary amides is 1. The number of amides is 2. The van der Waals surface area contributed by atoms with Gasteiger partial charge in [-0.25, -0.2) is 0 Å². The van der Waals surface area contributed by atoms with E-state index < -0.39 is 0 Å². The number of hydrogen-bond donors (Lipinski definition) is 3. The Morgan fingerprint density at radius 3 is 2.53 bits per heavy atom. The van der Waals surface area contributed by atoms with Gasteiger partial charge in [0.1, 0.15) is 0 Å². The molecule has 2 fully saturated rings. The Morgan fingerprint density at radius 1 is 1.29 bits per heavy atom. The molecule has 0 spiro atoms. The van der Waals surface area contributed by atoms with Crippen LogP contribution in [0.25, 0.3) is 0 Å². The van der Waals surface area contributed by atoms with Crippen LogP contribution < -0.4 is 16.4 Å². The van der Waals surface area contributed by atoms with Gasteiger partial charge in [-0.15, -0.1) is 0 Å². The van der Waals surface area contributed by atoms with Gasteiger partial charge in [0.2, 0.25) is 11.8 Å². The molecule has 1 unspecified atom stereocenters. The Kier molecular flexibility index (Phi) is 3.99. The topological polar surface area (TPSA) is 84.2 Å². The average Bonchev–Trinajstić information content (AvgIpc) is 2.73. The van der Waals surface area contributed by atoms with E-state index in [-0.39, 0.29) is 23.8 Å². The van der Waals surface area contributed by atoms with Crippen molar-refractivity contribution >= 4 is 11.8 Å². The summed E-state index contributed by atoms with van der Waals surface area (Å²) >= 11 is 0. The van der Waals surface area contributed by atoms with Crippen LogP contribution in [0.2, 0.25) is 0 Å². The molecule has 2 amide bonds. The molecule has 5 nitrogen and oxygen atoms in total. The van der Waals surface area contributed by atoms with Crippen LogP contribution >= 0.6 is 0 Å². The molecular formula is C12H21N3O2. The quantitative estimate of drug-likeness (QED) is 0.640. The number of nitrogens with two attached hydrogens (primary N) is 1. The van der Waals surface area contributed by atoms with Crippen molar-refractivity contribution in [2.75, 3.05) is 6.54 Å². The summed E-state index contributed by atoms with van der Waals surface area (Å²) in [5.74, 6) is 0.0694. The first-order valence-electron chi connectivity index (χ1n) is 6.47. The summed E-state index contributed by atoms with van der Waals surface area (Å²) in [6.45, 7) is 0.845. The average molecular weight is 239 g/mol. The SMILES string of the molecule is NC(=O)C1CCC(NCC2CCC(=O)N2)CC1. The van der Waals surface area contributed by atoms with E-state index in [9.17, 15) is 9.59 Å². The molecule has 0 radical (unpaired) electrons. The van der Waals surface area contributed by atoms with Gasteiger partial charge in [0, 0.05) is 31.0 Å². The summed E-state index contributed by atoms with van der Waals surface area (Å²) in [5, 5.41) is 6.42. The highest BCUT2D eigenvalue weighted by atomic mass is 16.2. The predicted molar refractivity (Wildman–Crippen MR) is 64.1 cm³/mol. The summed E-state index contributed by atoms with van der Waals surface area (Å²) in [6, 6.07) is 0.763. The summed E-state index contributed by atoms with van der Waals surface area (Å²) in [6.07, 6.45) is 5.39. The Bertz CT molecular complexity index is 298. The molecule has 1 saturated heterocycles. The van der Waals surface area contributed by atoms with Gasteiger partial charge in [0.15, 0.2) is 0 Å². The molecule has 2 aliphatic rings. The first-order valence-corrected chi connectivity index (χ1v) is 6.47. The summed E-state index contributed by atoms with van der Waals surface area (Å²) in [7, 11) is 0. The second-order valence-corrected chi connectivity index (χ2v) is 5.16. The fraction of sp³-hybridized carbons (Fsp3) is 0.833. The molecule has 1 atom stereocenters. The molecule has 0 aromatic carbocycles. The van der Waals surface area contributed by atoms with Crippen molar-refractivity contribution in [2.45, 2.75) is 50.6 Å². The standard InChI is InChI=1S/C12H21N3O2/c13-12(17)8-1-3-9(4-2-8)14-7-10-5-6-11(16)15-10/h8-10,14H,1-7H2,(H2,13,17)(H,15,16).